The second-order valence-corrected chi connectivity index (χ2v) is 10.6. The first-order valence-electron chi connectivity index (χ1n) is 9.65. The number of benzene rings is 4. The van der Waals surface area contributed by atoms with E-state index in [1.807, 2.05) is 6.07 Å². The second-order valence-electron chi connectivity index (χ2n) is 7.12. The number of hydrogen-bond acceptors (Lipinski definition) is 1. The summed E-state index contributed by atoms with van der Waals surface area (Å²) < 4.78 is 6.67. The van der Waals surface area contributed by atoms with Crippen LogP contribution in [0.5, 0.6) is 0 Å². The zero-order valence-corrected chi connectivity index (χ0v) is 17.1. The summed E-state index contributed by atoms with van der Waals surface area (Å²) in [4.78, 5) is 0. The topological polar surface area (TPSA) is 9.23 Å². The fourth-order valence-corrected chi connectivity index (χ4v) is 6.28. The molecule has 0 aliphatic heterocycles. The lowest BCUT2D eigenvalue weighted by Gasteiger charge is -2.28. The molecular weight excluding hydrogens is 356 g/mol. The third-order valence-corrected chi connectivity index (χ3v) is 8.83. The summed E-state index contributed by atoms with van der Waals surface area (Å²) in [5.74, 6) is 0. The van der Waals surface area contributed by atoms with E-state index >= 15 is 0 Å². The molecule has 0 N–H and O–H groups in total. The van der Waals surface area contributed by atoms with Gasteiger partial charge in [0.05, 0.1) is 6.61 Å². The summed E-state index contributed by atoms with van der Waals surface area (Å²) in [5.41, 5.74) is 3.67. The summed E-state index contributed by atoms with van der Waals surface area (Å²) in [5, 5.41) is 2.59. The Morgan fingerprint density at radius 3 is 1.46 bits per heavy atom. The van der Waals surface area contributed by atoms with Gasteiger partial charge in [-0.3, -0.25) is 0 Å². The van der Waals surface area contributed by atoms with E-state index in [4.69, 9.17) is 4.43 Å². The van der Waals surface area contributed by atoms with Crippen molar-refractivity contribution in [3.05, 3.63) is 121 Å². The number of hydrogen-bond donors (Lipinski definition) is 0. The highest BCUT2D eigenvalue weighted by atomic mass is 28.4. The van der Waals surface area contributed by atoms with Gasteiger partial charge >= 0.3 is 0 Å². The molecule has 0 saturated heterocycles. The maximum Gasteiger partial charge on any atom is 0.253 e. The van der Waals surface area contributed by atoms with Crippen LogP contribution in [0.4, 0.5) is 0 Å². The van der Waals surface area contributed by atoms with E-state index in [1.54, 1.807) is 0 Å². The van der Waals surface area contributed by atoms with Crippen LogP contribution in [-0.2, 0) is 11.0 Å². The summed E-state index contributed by atoms with van der Waals surface area (Å²) in [6.07, 6.45) is 0. The van der Waals surface area contributed by atoms with Gasteiger partial charge in [0, 0.05) is 0 Å². The molecule has 4 rings (SSSR count). The molecule has 0 bridgehead atoms. The van der Waals surface area contributed by atoms with Gasteiger partial charge in [-0.1, -0.05) is 115 Å². The van der Waals surface area contributed by atoms with Gasteiger partial charge in [0.1, 0.15) is 0 Å². The van der Waals surface area contributed by atoms with E-state index in [0.29, 0.717) is 6.61 Å². The maximum atomic E-state index is 6.67. The normalized spacial score (nSPS) is 11.3. The molecule has 0 saturated carbocycles. The molecule has 0 spiro atoms. The lowest BCUT2D eigenvalue weighted by molar-refractivity contribution is 0.308. The van der Waals surface area contributed by atoms with Gasteiger partial charge in [0.15, 0.2) is 0 Å². The second kappa shape index (κ2) is 8.38. The van der Waals surface area contributed by atoms with Gasteiger partial charge in [0.2, 0.25) is 0 Å². The summed E-state index contributed by atoms with van der Waals surface area (Å²) >= 11 is 0. The van der Waals surface area contributed by atoms with Crippen LogP contribution in [0.1, 0.15) is 5.56 Å². The van der Waals surface area contributed by atoms with E-state index < -0.39 is 8.32 Å². The molecule has 0 amide bonds. The Labute approximate surface area is 168 Å². The molecule has 1 nitrogen and oxygen atoms in total. The molecule has 0 radical (unpaired) electrons. The smallest absolute Gasteiger partial charge is 0.253 e. The van der Waals surface area contributed by atoms with Crippen LogP contribution in [0.25, 0.3) is 11.1 Å². The lowest BCUT2D eigenvalue weighted by Crippen LogP contribution is -2.58. The van der Waals surface area contributed by atoms with Crippen molar-refractivity contribution in [2.75, 3.05) is 0 Å². The summed E-state index contributed by atoms with van der Waals surface area (Å²) in [6, 6.07) is 40.5. The predicted octanol–water partition coefficient (Wildman–Crippen LogP) is 5.26. The summed E-state index contributed by atoms with van der Waals surface area (Å²) in [7, 11) is -2.26. The Balaban J connectivity index is 1.57. The maximum absolute atomic E-state index is 6.67. The van der Waals surface area contributed by atoms with E-state index in [9.17, 15) is 0 Å². The molecule has 0 unspecified atom stereocenters. The van der Waals surface area contributed by atoms with Gasteiger partial charge in [-0.05, 0) is 33.6 Å². The van der Waals surface area contributed by atoms with Crippen molar-refractivity contribution >= 4 is 18.7 Å². The third-order valence-electron chi connectivity index (χ3n) is 5.24. The quantitative estimate of drug-likeness (QED) is 0.415. The molecule has 0 fully saturated rings. The monoisotopic (exact) mass is 380 g/mol. The molecular formula is C26H24OSi. The summed E-state index contributed by atoms with van der Waals surface area (Å²) in [6.45, 7) is 2.90. The van der Waals surface area contributed by atoms with Crippen molar-refractivity contribution < 1.29 is 4.43 Å². The van der Waals surface area contributed by atoms with Crippen LogP contribution < -0.4 is 10.4 Å². The van der Waals surface area contributed by atoms with Crippen molar-refractivity contribution in [2.24, 2.45) is 0 Å². The first kappa shape index (κ1) is 18.4. The Hall–Kier alpha value is -2.94. The van der Waals surface area contributed by atoms with Crippen molar-refractivity contribution in [2.45, 2.75) is 13.2 Å². The molecule has 0 heterocycles. The first-order chi connectivity index (χ1) is 13.8. The van der Waals surface area contributed by atoms with Gasteiger partial charge in [-0.15, -0.1) is 0 Å². The zero-order valence-electron chi connectivity index (χ0n) is 16.1. The fraction of sp³-hybridized carbons (Fsp3) is 0.0769. The van der Waals surface area contributed by atoms with Gasteiger partial charge in [0.25, 0.3) is 8.32 Å². The molecule has 0 aliphatic carbocycles. The van der Waals surface area contributed by atoms with Gasteiger partial charge in [-0.25, -0.2) is 0 Å². The number of rotatable bonds is 6. The zero-order chi connectivity index (χ0) is 19.2. The molecule has 2 heteroatoms. The minimum Gasteiger partial charge on any atom is -0.404 e. The average Bonchev–Trinajstić information content (AvgIpc) is 2.79. The fourth-order valence-electron chi connectivity index (χ4n) is 3.50. The van der Waals surface area contributed by atoms with Crippen molar-refractivity contribution in [1.29, 1.82) is 0 Å². The molecule has 28 heavy (non-hydrogen) atoms. The Bertz CT molecular complexity index is 957. The molecule has 138 valence electrons. The first-order valence-corrected chi connectivity index (χ1v) is 12.1. The van der Waals surface area contributed by atoms with Crippen molar-refractivity contribution in [3.63, 3.8) is 0 Å². The minimum absolute atomic E-state index is 0.613. The van der Waals surface area contributed by atoms with E-state index in [2.05, 4.69) is 116 Å². The Kier molecular flexibility index (Phi) is 5.52. The lowest BCUT2D eigenvalue weighted by atomic mass is 10.0. The van der Waals surface area contributed by atoms with Crippen LogP contribution in [-0.4, -0.2) is 8.32 Å². The highest BCUT2D eigenvalue weighted by Crippen LogP contribution is 2.20. The Morgan fingerprint density at radius 2 is 0.964 bits per heavy atom. The Morgan fingerprint density at radius 1 is 0.536 bits per heavy atom. The SMILES string of the molecule is C[Si](OCc1ccc(-c2ccccc2)cc1)(c1ccccc1)c1ccccc1. The van der Waals surface area contributed by atoms with E-state index in [1.165, 1.54) is 27.1 Å². The van der Waals surface area contributed by atoms with Crippen LogP contribution in [0.3, 0.4) is 0 Å². The average molecular weight is 381 g/mol. The van der Waals surface area contributed by atoms with Crippen molar-refractivity contribution in [1.82, 2.24) is 0 Å². The largest absolute Gasteiger partial charge is 0.404 e. The van der Waals surface area contributed by atoms with E-state index in [0.717, 1.165) is 0 Å². The van der Waals surface area contributed by atoms with Crippen LogP contribution >= 0.6 is 0 Å². The van der Waals surface area contributed by atoms with Crippen LogP contribution in [0, 0.1) is 0 Å². The van der Waals surface area contributed by atoms with E-state index in [-0.39, 0.29) is 0 Å². The molecule has 0 aromatic heterocycles. The molecule has 0 atom stereocenters. The highest BCUT2D eigenvalue weighted by Gasteiger charge is 2.33. The van der Waals surface area contributed by atoms with Crippen LogP contribution in [0.15, 0.2) is 115 Å². The standard InChI is InChI=1S/C26H24OSi/c1-28(25-13-7-3-8-14-25,26-15-9-4-10-16-26)27-21-22-17-19-24(20-18-22)23-11-5-2-6-12-23/h2-20H,21H2,1H3. The minimum atomic E-state index is -2.26. The van der Waals surface area contributed by atoms with Gasteiger partial charge in [-0.2, -0.15) is 0 Å². The van der Waals surface area contributed by atoms with Gasteiger partial charge < -0.3 is 4.43 Å². The highest BCUT2D eigenvalue weighted by molar-refractivity contribution is 6.96. The predicted molar refractivity (Wildman–Crippen MR) is 120 cm³/mol. The van der Waals surface area contributed by atoms with Crippen molar-refractivity contribution in [3.8, 4) is 11.1 Å². The third kappa shape index (κ3) is 3.98. The molecule has 4 aromatic carbocycles. The molecule has 0 aliphatic rings. The van der Waals surface area contributed by atoms with Crippen LogP contribution in [0.2, 0.25) is 6.55 Å². The molecule has 4 aromatic rings.